The van der Waals surface area contributed by atoms with Gasteiger partial charge in [-0.25, -0.2) is 18.6 Å². The maximum absolute atomic E-state index is 13.5. The summed E-state index contributed by atoms with van der Waals surface area (Å²) >= 11 is 7.73. The molecule has 0 radical (unpaired) electrons. The van der Waals surface area contributed by atoms with E-state index in [1.54, 1.807) is 41.5 Å². The zero-order valence-electron chi connectivity index (χ0n) is 35.5. The summed E-state index contributed by atoms with van der Waals surface area (Å²) in [5.41, 5.74) is 5.95. The summed E-state index contributed by atoms with van der Waals surface area (Å²) < 4.78 is 29.0. The Bertz CT molecular complexity index is 2420. The van der Waals surface area contributed by atoms with Crippen LogP contribution in [0.4, 0.5) is 17.1 Å². The van der Waals surface area contributed by atoms with Gasteiger partial charge in [0.25, 0.3) is 21.6 Å². The highest BCUT2D eigenvalue weighted by atomic mass is 35.5. The normalized spacial score (nSPS) is 13.6. The van der Waals surface area contributed by atoms with Crippen molar-refractivity contribution < 1.29 is 28.1 Å². The number of unbranched alkanes of at least 4 members (excludes halogenated alkanes) is 3. The molecule has 0 unspecified atom stereocenters. The zero-order valence-corrected chi connectivity index (χ0v) is 37.8. The van der Waals surface area contributed by atoms with Gasteiger partial charge in [0.15, 0.2) is 0 Å². The van der Waals surface area contributed by atoms with Crippen LogP contribution in [0, 0.1) is 10.1 Å². The van der Waals surface area contributed by atoms with E-state index in [1.807, 2.05) is 60.7 Å². The van der Waals surface area contributed by atoms with Crippen molar-refractivity contribution >= 4 is 62.3 Å². The standard InChI is InChI=1S/C47H54ClN7O7S2/c48-38-19-15-35(16-20-38)43-13-8-7-10-37(43)33-53-28-30-54(31-29-53)40-21-17-36(18-22-40)47(57)52-64(61,62)42-23-24-44(45(32-42)55(59)60)50-39(34-63-41-11-4-3-5-12-41)25-27-49-26-9-2-1-6-14-46(56)51-58/h3-5,7-8,10-13,15-24,32,39,49-50,58H,1-2,6,9,14,25-31,33-34H2,(H,51,56)(H,52,57)/t39-/m1/s1. The van der Waals surface area contributed by atoms with Crippen molar-refractivity contribution in [3.05, 3.63) is 148 Å². The number of amides is 2. The molecule has 14 nitrogen and oxygen atoms in total. The molecular formula is C47H54ClN7O7S2. The highest BCUT2D eigenvalue weighted by molar-refractivity contribution is 7.99. The molecule has 338 valence electrons. The largest absolute Gasteiger partial charge is 0.376 e. The molecule has 17 heteroatoms. The van der Waals surface area contributed by atoms with Gasteiger partial charge < -0.3 is 15.5 Å². The van der Waals surface area contributed by atoms with Crippen LogP contribution < -0.4 is 25.7 Å². The summed E-state index contributed by atoms with van der Waals surface area (Å²) in [6.45, 7) is 5.40. The van der Waals surface area contributed by atoms with Crippen molar-refractivity contribution in [2.75, 3.05) is 55.2 Å². The molecule has 1 atom stereocenters. The highest BCUT2D eigenvalue weighted by Crippen LogP contribution is 2.31. The van der Waals surface area contributed by atoms with Crippen molar-refractivity contribution in [1.29, 1.82) is 0 Å². The molecule has 1 heterocycles. The minimum absolute atomic E-state index is 0.136. The predicted octanol–water partition coefficient (Wildman–Crippen LogP) is 8.36. The number of benzene rings is 5. The van der Waals surface area contributed by atoms with Gasteiger partial charge in [-0.3, -0.25) is 29.8 Å². The number of carbonyl (C=O) groups excluding carboxylic acids is 2. The summed E-state index contributed by atoms with van der Waals surface area (Å²) in [5, 5.41) is 28.3. The number of nitrogens with one attached hydrogen (secondary N) is 4. The highest BCUT2D eigenvalue weighted by Gasteiger charge is 2.26. The molecule has 2 amide bonds. The number of sulfonamides is 1. The molecule has 0 aliphatic carbocycles. The fourth-order valence-electron chi connectivity index (χ4n) is 7.47. The number of carbonyl (C=O) groups is 2. The molecule has 0 bridgehead atoms. The molecule has 0 spiro atoms. The lowest BCUT2D eigenvalue weighted by Gasteiger charge is -2.36. The number of piperazine rings is 1. The Balaban J connectivity index is 1.02. The average molecular weight is 929 g/mol. The minimum Gasteiger partial charge on any atom is -0.376 e. The summed E-state index contributed by atoms with van der Waals surface area (Å²) in [7, 11) is -4.47. The number of thioether (sulfide) groups is 1. The molecule has 5 N–H and O–H groups in total. The van der Waals surface area contributed by atoms with Gasteiger partial charge in [0.1, 0.15) is 5.69 Å². The molecule has 1 aliphatic heterocycles. The van der Waals surface area contributed by atoms with Crippen LogP contribution in [0.1, 0.15) is 54.4 Å². The van der Waals surface area contributed by atoms with Crippen molar-refractivity contribution in [3.8, 4) is 11.1 Å². The van der Waals surface area contributed by atoms with E-state index >= 15 is 0 Å². The lowest BCUT2D eigenvalue weighted by atomic mass is 9.99. The number of hydrogen-bond acceptors (Lipinski definition) is 12. The van der Waals surface area contributed by atoms with E-state index < -0.39 is 37.3 Å². The third-order valence-corrected chi connectivity index (χ3v) is 13.7. The first kappa shape index (κ1) is 48.0. The number of hydroxylamine groups is 1. The molecule has 1 saturated heterocycles. The van der Waals surface area contributed by atoms with Crippen LogP contribution in [0.15, 0.2) is 131 Å². The molecule has 5 aromatic rings. The van der Waals surface area contributed by atoms with Crippen LogP contribution in [0.2, 0.25) is 5.02 Å². The SMILES string of the molecule is O=C(CCCCCCNCC[C@H](CSc1ccccc1)Nc1ccc(S(=O)(=O)NC(=O)c2ccc(N3CCN(Cc4ccccc4-c4ccc(Cl)cc4)CC3)cc2)cc1[N+](=O)[O-])NO. The predicted molar refractivity (Wildman–Crippen MR) is 254 cm³/mol. The van der Waals surface area contributed by atoms with Crippen molar-refractivity contribution in [2.24, 2.45) is 0 Å². The number of rotatable bonds is 23. The summed E-state index contributed by atoms with van der Waals surface area (Å²) in [6, 6.07) is 36.2. The summed E-state index contributed by atoms with van der Waals surface area (Å²) in [4.78, 5) is 41.4. The maximum Gasteiger partial charge on any atom is 0.293 e. The Labute approximate surface area is 383 Å². The fourth-order valence-corrected chi connectivity index (χ4v) is 9.58. The van der Waals surface area contributed by atoms with Gasteiger partial charge in [-0.05, 0) is 110 Å². The Morgan fingerprint density at radius 2 is 1.53 bits per heavy atom. The van der Waals surface area contributed by atoms with Gasteiger partial charge in [-0.2, -0.15) is 0 Å². The molecule has 0 aromatic heterocycles. The molecule has 1 fully saturated rings. The lowest BCUT2D eigenvalue weighted by molar-refractivity contribution is -0.384. The average Bonchev–Trinajstić information content (AvgIpc) is 3.31. The molecule has 5 aromatic carbocycles. The molecule has 6 rings (SSSR count). The third-order valence-electron chi connectivity index (χ3n) is 11.0. The number of nitrogens with zero attached hydrogens (tertiary/aromatic N) is 3. The Kier molecular flexibility index (Phi) is 18.0. The molecule has 0 saturated carbocycles. The first-order chi connectivity index (χ1) is 31.0. The van der Waals surface area contributed by atoms with Gasteiger partial charge in [-0.15, -0.1) is 11.8 Å². The van der Waals surface area contributed by atoms with Crippen molar-refractivity contribution in [1.82, 2.24) is 20.4 Å². The van der Waals surface area contributed by atoms with E-state index in [4.69, 9.17) is 16.8 Å². The van der Waals surface area contributed by atoms with E-state index in [-0.39, 0.29) is 23.7 Å². The van der Waals surface area contributed by atoms with Crippen LogP contribution in [-0.2, 0) is 21.4 Å². The topological polar surface area (TPSA) is 186 Å². The molecular weight excluding hydrogens is 874 g/mol. The number of hydrogen-bond donors (Lipinski definition) is 5. The van der Waals surface area contributed by atoms with E-state index in [9.17, 15) is 28.1 Å². The van der Waals surface area contributed by atoms with E-state index in [0.717, 1.165) is 80.7 Å². The van der Waals surface area contributed by atoms with Gasteiger partial charge in [0.2, 0.25) is 5.91 Å². The van der Waals surface area contributed by atoms with Crippen molar-refractivity contribution in [2.45, 2.75) is 60.9 Å². The van der Waals surface area contributed by atoms with Crippen LogP contribution in [0.3, 0.4) is 0 Å². The van der Waals surface area contributed by atoms with Crippen molar-refractivity contribution in [3.63, 3.8) is 0 Å². The Morgan fingerprint density at radius 1 is 0.828 bits per heavy atom. The van der Waals surface area contributed by atoms with Gasteiger partial charge in [0, 0.05) is 78.2 Å². The second kappa shape index (κ2) is 24.0. The van der Waals surface area contributed by atoms with Gasteiger partial charge in [0.05, 0.1) is 9.82 Å². The minimum atomic E-state index is -4.47. The molecule has 64 heavy (non-hydrogen) atoms. The summed E-state index contributed by atoms with van der Waals surface area (Å²) in [5.74, 6) is -0.653. The first-order valence-electron chi connectivity index (χ1n) is 21.3. The van der Waals surface area contributed by atoms with Crippen LogP contribution in [0.25, 0.3) is 11.1 Å². The fraction of sp³-hybridized carbons (Fsp3) is 0.319. The monoisotopic (exact) mass is 927 g/mol. The first-order valence-corrected chi connectivity index (χ1v) is 24.2. The lowest BCUT2D eigenvalue weighted by Crippen LogP contribution is -2.46. The Hall–Kier alpha value is -5.49. The third kappa shape index (κ3) is 14.3. The second-order valence-corrected chi connectivity index (χ2v) is 18.8. The zero-order chi connectivity index (χ0) is 45.3. The van der Waals surface area contributed by atoms with Gasteiger partial charge >= 0.3 is 0 Å². The van der Waals surface area contributed by atoms with Crippen LogP contribution >= 0.6 is 23.4 Å². The maximum atomic E-state index is 13.5. The summed E-state index contributed by atoms with van der Waals surface area (Å²) in [6.07, 6.45) is 4.29. The number of halogens is 1. The van der Waals surface area contributed by atoms with Gasteiger partial charge in [-0.1, -0.05) is 79.0 Å². The second-order valence-electron chi connectivity index (χ2n) is 15.5. The smallest absolute Gasteiger partial charge is 0.293 e. The van der Waals surface area contributed by atoms with E-state index in [2.05, 4.69) is 43.4 Å². The van der Waals surface area contributed by atoms with E-state index in [1.165, 1.54) is 23.3 Å². The number of anilines is 2. The number of nitro groups is 1. The molecule has 1 aliphatic rings. The van der Waals surface area contributed by atoms with E-state index in [0.29, 0.717) is 30.2 Å². The van der Waals surface area contributed by atoms with Crippen LogP contribution in [0.5, 0.6) is 0 Å². The quantitative estimate of drug-likeness (QED) is 0.0139. The Morgan fingerprint density at radius 3 is 2.25 bits per heavy atom. The van der Waals surface area contributed by atoms with Crippen LogP contribution in [-0.4, -0.2) is 86.3 Å². The number of nitro benzene ring substituents is 1.